The first-order valence-corrected chi connectivity index (χ1v) is 4.63. The van der Waals surface area contributed by atoms with Crippen LogP contribution in [0.25, 0.3) is 5.65 Å². The lowest BCUT2D eigenvalue weighted by atomic mass is 10.3. The molecule has 1 saturated carbocycles. The SMILES string of the molecule is N#Cc1ccn2c(C3CC3)nnc2c1. The summed E-state index contributed by atoms with van der Waals surface area (Å²) >= 11 is 0. The lowest BCUT2D eigenvalue weighted by Crippen LogP contribution is -1.91. The first-order valence-electron chi connectivity index (χ1n) is 4.63. The molecule has 0 bridgehead atoms. The Labute approximate surface area is 80.8 Å². The predicted octanol–water partition coefficient (Wildman–Crippen LogP) is 1.48. The largest absolute Gasteiger partial charge is 0.286 e. The van der Waals surface area contributed by atoms with Crippen LogP contribution in [-0.4, -0.2) is 14.6 Å². The second-order valence-electron chi connectivity index (χ2n) is 3.59. The van der Waals surface area contributed by atoms with E-state index in [1.54, 1.807) is 12.1 Å². The van der Waals surface area contributed by atoms with Crippen molar-refractivity contribution in [1.29, 1.82) is 5.26 Å². The molecule has 0 radical (unpaired) electrons. The van der Waals surface area contributed by atoms with Crippen LogP contribution in [0.5, 0.6) is 0 Å². The normalized spacial score (nSPS) is 15.6. The number of aromatic nitrogens is 3. The molecule has 3 rings (SSSR count). The van der Waals surface area contributed by atoms with E-state index in [4.69, 9.17) is 5.26 Å². The van der Waals surface area contributed by atoms with Gasteiger partial charge in [-0.3, -0.25) is 4.40 Å². The van der Waals surface area contributed by atoms with Crippen LogP contribution in [0.15, 0.2) is 18.3 Å². The van der Waals surface area contributed by atoms with Crippen LogP contribution in [0.4, 0.5) is 0 Å². The Morgan fingerprint density at radius 2 is 2.29 bits per heavy atom. The summed E-state index contributed by atoms with van der Waals surface area (Å²) < 4.78 is 1.97. The number of nitrogens with zero attached hydrogens (tertiary/aromatic N) is 4. The zero-order valence-corrected chi connectivity index (χ0v) is 7.51. The summed E-state index contributed by atoms with van der Waals surface area (Å²) in [5.41, 5.74) is 1.40. The lowest BCUT2D eigenvalue weighted by molar-refractivity contribution is 0.897. The van der Waals surface area contributed by atoms with Crippen molar-refractivity contribution in [2.45, 2.75) is 18.8 Å². The van der Waals surface area contributed by atoms with Crippen LogP contribution < -0.4 is 0 Å². The van der Waals surface area contributed by atoms with Gasteiger partial charge in [0, 0.05) is 18.2 Å². The molecule has 0 N–H and O–H groups in total. The van der Waals surface area contributed by atoms with Crippen molar-refractivity contribution in [2.75, 3.05) is 0 Å². The fourth-order valence-electron chi connectivity index (χ4n) is 1.60. The molecule has 2 aromatic heterocycles. The molecule has 2 aromatic rings. The van der Waals surface area contributed by atoms with Crippen molar-refractivity contribution < 1.29 is 0 Å². The summed E-state index contributed by atoms with van der Waals surface area (Å²) in [6.45, 7) is 0. The molecule has 4 nitrogen and oxygen atoms in total. The van der Waals surface area contributed by atoms with Gasteiger partial charge in [-0.15, -0.1) is 10.2 Å². The summed E-state index contributed by atoms with van der Waals surface area (Å²) in [6.07, 6.45) is 4.29. The molecule has 0 amide bonds. The highest BCUT2D eigenvalue weighted by atomic mass is 15.2. The van der Waals surface area contributed by atoms with Crippen molar-refractivity contribution in [3.8, 4) is 6.07 Å². The van der Waals surface area contributed by atoms with E-state index in [0.29, 0.717) is 11.5 Å². The first kappa shape index (κ1) is 7.51. The van der Waals surface area contributed by atoms with E-state index in [0.717, 1.165) is 11.5 Å². The van der Waals surface area contributed by atoms with Gasteiger partial charge in [-0.05, 0) is 18.9 Å². The highest BCUT2D eigenvalue weighted by Crippen LogP contribution is 2.38. The van der Waals surface area contributed by atoms with Gasteiger partial charge in [0.05, 0.1) is 11.6 Å². The Hall–Kier alpha value is -1.89. The Kier molecular flexibility index (Phi) is 1.37. The van der Waals surface area contributed by atoms with Gasteiger partial charge in [0.2, 0.25) is 0 Å². The van der Waals surface area contributed by atoms with Gasteiger partial charge in [0.25, 0.3) is 0 Å². The molecule has 4 heteroatoms. The molecule has 0 atom stereocenters. The highest BCUT2D eigenvalue weighted by molar-refractivity contribution is 5.46. The summed E-state index contributed by atoms with van der Waals surface area (Å²) in [6, 6.07) is 5.65. The van der Waals surface area contributed by atoms with Crippen LogP contribution in [0.3, 0.4) is 0 Å². The minimum absolute atomic E-state index is 0.581. The van der Waals surface area contributed by atoms with E-state index < -0.39 is 0 Å². The van der Waals surface area contributed by atoms with Gasteiger partial charge in [-0.25, -0.2) is 0 Å². The van der Waals surface area contributed by atoms with Crippen LogP contribution >= 0.6 is 0 Å². The predicted molar refractivity (Wildman–Crippen MR) is 49.7 cm³/mol. The number of rotatable bonds is 1. The average molecular weight is 184 g/mol. The maximum Gasteiger partial charge on any atom is 0.162 e. The minimum atomic E-state index is 0.581. The maximum absolute atomic E-state index is 8.72. The Morgan fingerprint density at radius 1 is 1.43 bits per heavy atom. The summed E-state index contributed by atoms with van der Waals surface area (Å²) in [5.74, 6) is 1.61. The zero-order valence-electron chi connectivity index (χ0n) is 7.51. The maximum atomic E-state index is 8.72. The second kappa shape index (κ2) is 2.55. The molecule has 0 aliphatic heterocycles. The minimum Gasteiger partial charge on any atom is -0.286 e. The molecule has 0 saturated heterocycles. The third-order valence-electron chi connectivity index (χ3n) is 2.51. The van der Waals surface area contributed by atoms with Crippen molar-refractivity contribution in [3.05, 3.63) is 29.7 Å². The number of pyridine rings is 1. The molecule has 1 fully saturated rings. The number of hydrogen-bond acceptors (Lipinski definition) is 3. The topological polar surface area (TPSA) is 54.0 Å². The number of hydrogen-bond donors (Lipinski definition) is 0. The molecule has 0 spiro atoms. The van der Waals surface area contributed by atoms with E-state index >= 15 is 0 Å². The first-order chi connectivity index (χ1) is 6.88. The summed E-state index contributed by atoms with van der Waals surface area (Å²) in [7, 11) is 0. The summed E-state index contributed by atoms with van der Waals surface area (Å²) in [5, 5.41) is 16.9. The third kappa shape index (κ3) is 0.990. The molecular weight excluding hydrogens is 176 g/mol. The molecular formula is C10H8N4. The molecule has 0 unspecified atom stereocenters. The van der Waals surface area contributed by atoms with Crippen molar-refractivity contribution in [1.82, 2.24) is 14.6 Å². The van der Waals surface area contributed by atoms with E-state index in [-0.39, 0.29) is 0 Å². The lowest BCUT2D eigenvalue weighted by Gasteiger charge is -1.96. The van der Waals surface area contributed by atoms with Gasteiger partial charge in [-0.2, -0.15) is 5.26 Å². The van der Waals surface area contributed by atoms with Gasteiger partial charge in [0.1, 0.15) is 5.82 Å². The van der Waals surface area contributed by atoms with Crippen molar-refractivity contribution in [2.24, 2.45) is 0 Å². The quantitative estimate of drug-likeness (QED) is 0.674. The second-order valence-corrected chi connectivity index (χ2v) is 3.59. The summed E-state index contributed by atoms with van der Waals surface area (Å²) in [4.78, 5) is 0. The average Bonchev–Trinajstić information content (AvgIpc) is 2.98. The van der Waals surface area contributed by atoms with Crippen LogP contribution in [0.1, 0.15) is 30.1 Å². The number of nitriles is 1. The van der Waals surface area contributed by atoms with E-state index in [2.05, 4.69) is 16.3 Å². The molecule has 1 aliphatic rings. The smallest absolute Gasteiger partial charge is 0.162 e. The monoisotopic (exact) mass is 184 g/mol. The van der Waals surface area contributed by atoms with E-state index in [1.165, 1.54) is 12.8 Å². The van der Waals surface area contributed by atoms with E-state index in [9.17, 15) is 0 Å². The molecule has 14 heavy (non-hydrogen) atoms. The highest BCUT2D eigenvalue weighted by Gasteiger charge is 2.28. The molecule has 68 valence electrons. The van der Waals surface area contributed by atoms with Gasteiger partial charge < -0.3 is 0 Å². The van der Waals surface area contributed by atoms with Gasteiger partial charge in [0.15, 0.2) is 5.65 Å². The number of fused-ring (bicyclic) bond motifs is 1. The zero-order chi connectivity index (χ0) is 9.54. The standard InChI is InChI=1S/C10H8N4/c11-6-7-3-4-14-9(5-7)12-13-10(14)8-1-2-8/h3-5,8H,1-2H2. The molecule has 0 aromatic carbocycles. The van der Waals surface area contributed by atoms with Gasteiger partial charge >= 0.3 is 0 Å². The fourth-order valence-corrected chi connectivity index (χ4v) is 1.60. The van der Waals surface area contributed by atoms with Crippen molar-refractivity contribution >= 4 is 5.65 Å². The van der Waals surface area contributed by atoms with E-state index in [1.807, 2.05) is 10.6 Å². The Balaban J connectivity index is 2.23. The Bertz CT molecular complexity index is 531. The van der Waals surface area contributed by atoms with Crippen LogP contribution in [0.2, 0.25) is 0 Å². The molecule has 2 heterocycles. The molecule has 1 aliphatic carbocycles. The van der Waals surface area contributed by atoms with Gasteiger partial charge in [-0.1, -0.05) is 0 Å². The van der Waals surface area contributed by atoms with Crippen LogP contribution in [0, 0.1) is 11.3 Å². The van der Waals surface area contributed by atoms with Crippen molar-refractivity contribution in [3.63, 3.8) is 0 Å². The van der Waals surface area contributed by atoms with Crippen LogP contribution in [-0.2, 0) is 0 Å². The Morgan fingerprint density at radius 3 is 3.00 bits per heavy atom. The third-order valence-corrected chi connectivity index (χ3v) is 2.51. The fraction of sp³-hybridized carbons (Fsp3) is 0.300.